The molecule has 1 aromatic heterocycles. The van der Waals surface area contributed by atoms with Crippen molar-refractivity contribution in [1.82, 2.24) is 9.55 Å². The summed E-state index contributed by atoms with van der Waals surface area (Å²) in [5.74, 6) is 0.368. The van der Waals surface area contributed by atoms with Crippen LogP contribution in [0.1, 0.15) is 5.82 Å². The van der Waals surface area contributed by atoms with Crippen molar-refractivity contribution in [1.29, 1.82) is 0 Å². The molecule has 4 heteroatoms. The molecule has 0 aliphatic carbocycles. The van der Waals surface area contributed by atoms with Gasteiger partial charge in [-0.2, -0.15) is 0 Å². The molecular formula is C15H11FN2S. The smallest absolute Gasteiger partial charge is 0.147 e. The van der Waals surface area contributed by atoms with Crippen molar-refractivity contribution < 1.29 is 4.39 Å². The third kappa shape index (κ3) is 1.94. The highest BCUT2D eigenvalue weighted by Gasteiger charge is 2.09. The van der Waals surface area contributed by atoms with Gasteiger partial charge in [0.15, 0.2) is 0 Å². The summed E-state index contributed by atoms with van der Waals surface area (Å²) in [7, 11) is 0. The first-order chi connectivity index (χ1) is 9.18. The molecule has 0 atom stereocenters. The first-order valence-corrected chi connectivity index (χ1v) is 6.32. The Bertz CT molecular complexity index is 824. The van der Waals surface area contributed by atoms with E-state index in [0.717, 1.165) is 10.9 Å². The third-order valence-corrected chi connectivity index (χ3v) is 3.44. The summed E-state index contributed by atoms with van der Waals surface area (Å²) in [6.45, 7) is 1.83. The minimum absolute atomic E-state index is 0.307. The molecule has 0 amide bonds. The quantitative estimate of drug-likeness (QED) is 0.617. The fourth-order valence-electron chi connectivity index (χ4n) is 2.16. The molecule has 94 valence electrons. The first-order valence-electron chi connectivity index (χ1n) is 5.92. The number of rotatable bonds is 1. The summed E-state index contributed by atoms with van der Waals surface area (Å²) in [4.78, 5) is 4.48. The van der Waals surface area contributed by atoms with E-state index in [2.05, 4.69) is 4.98 Å². The van der Waals surface area contributed by atoms with Crippen molar-refractivity contribution in [3.05, 3.63) is 64.8 Å². The number of benzene rings is 2. The summed E-state index contributed by atoms with van der Waals surface area (Å²) in [6, 6.07) is 14.2. The largest absolute Gasteiger partial charge is 0.286 e. The van der Waals surface area contributed by atoms with Gasteiger partial charge in [-0.3, -0.25) is 4.57 Å². The normalized spacial score (nSPS) is 10.8. The van der Waals surface area contributed by atoms with Crippen LogP contribution in [0.3, 0.4) is 0 Å². The van der Waals surface area contributed by atoms with Gasteiger partial charge >= 0.3 is 0 Å². The zero-order valence-corrected chi connectivity index (χ0v) is 11.1. The fraction of sp³-hybridized carbons (Fsp3) is 0.0667. The molecule has 0 N–H and O–H groups in total. The lowest BCUT2D eigenvalue weighted by atomic mass is 10.2. The Hall–Kier alpha value is -2.07. The molecule has 0 fully saturated rings. The van der Waals surface area contributed by atoms with Crippen LogP contribution in [0, 0.1) is 17.4 Å². The van der Waals surface area contributed by atoms with Crippen molar-refractivity contribution in [3.63, 3.8) is 0 Å². The van der Waals surface area contributed by atoms with Gasteiger partial charge in [-0.25, -0.2) is 9.37 Å². The van der Waals surface area contributed by atoms with Crippen LogP contribution in [0.2, 0.25) is 0 Å². The summed E-state index contributed by atoms with van der Waals surface area (Å²) in [5, 5.41) is 0.853. The predicted octanol–water partition coefficient (Wildman–Crippen LogP) is 4.20. The lowest BCUT2D eigenvalue weighted by molar-refractivity contribution is 0.614. The average Bonchev–Trinajstić information content (AvgIpc) is 2.41. The molecule has 19 heavy (non-hydrogen) atoms. The second-order valence-electron chi connectivity index (χ2n) is 4.27. The Morgan fingerprint density at radius 3 is 2.53 bits per heavy atom. The number of fused-ring (bicyclic) bond motifs is 1. The second-order valence-corrected chi connectivity index (χ2v) is 4.65. The summed E-state index contributed by atoms with van der Waals surface area (Å²) in [5.41, 5.74) is 1.26. The molecule has 0 unspecified atom stereocenters. The highest BCUT2D eigenvalue weighted by Crippen LogP contribution is 2.20. The van der Waals surface area contributed by atoms with Crippen LogP contribution in [0.25, 0.3) is 16.6 Å². The maximum atomic E-state index is 13.9. The molecule has 0 saturated heterocycles. The van der Waals surface area contributed by atoms with E-state index >= 15 is 0 Å². The molecule has 0 bridgehead atoms. The minimum atomic E-state index is -0.307. The van der Waals surface area contributed by atoms with Crippen molar-refractivity contribution in [3.8, 4) is 5.69 Å². The van der Waals surface area contributed by atoms with Gasteiger partial charge in [0.05, 0.1) is 11.2 Å². The van der Waals surface area contributed by atoms with Crippen LogP contribution in [0.15, 0.2) is 48.5 Å². The second kappa shape index (κ2) is 4.55. The maximum Gasteiger partial charge on any atom is 0.147 e. The van der Waals surface area contributed by atoms with Gasteiger partial charge in [0, 0.05) is 5.39 Å². The van der Waals surface area contributed by atoms with E-state index in [4.69, 9.17) is 12.2 Å². The zero-order valence-electron chi connectivity index (χ0n) is 10.3. The molecule has 0 spiro atoms. The van der Waals surface area contributed by atoms with E-state index in [1.165, 1.54) is 6.07 Å². The number of para-hydroxylation sites is 2. The lowest BCUT2D eigenvalue weighted by Crippen LogP contribution is -2.07. The van der Waals surface area contributed by atoms with Crippen LogP contribution in [0.5, 0.6) is 0 Å². The van der Waals surface area contributed by atoms with Crippen molar-refractivity contribution in [2.24, 2.45) is 0 Å². The molecule has 3 aromatic rings. The van der Waals surface area contributed by atoms with Crippen LogP contribution < -0.4 is 0 Å². The van der Waals surface area contributed by atoms with Crippen LogP contribution in [-0.2, 0) is 0 Å². The van der Waals surface area contributed by atoms with Crippen LogP contribution >= 0.6 is 12.2 Å². The number of hydrogen-bond acceptors (Lipinski definition) is 2. The first kappa shape index (κ1) is 12.0. The van der Waals surface area contributed by atoms with E-state index < -0.39 is 0 Å². The summed E-state index contributed by atoms with van der Waals surface area (Å²) in [6.07, 6.45) is 0. The van der Waals surface area contributed by atoms with E-state index in [9.17, 15) is 4.39 Å². The SMILES string of the molecule is Cc1nc2ccccc2c(=S)n1-c1ccccc1F. The maximum absolute atomic E-state index is 13.9. The number of halogens is 1. The fourth-order valence-corrected chi connectivity index (χ4v) is 2.56. The molecular weight excluding hydrogens is 259 g/mol. The van der Waals surface area contributed by atoms with Crippen molar-refractivity contribution in [2.75, 3.05) is 0 Å². The molecule has 1 heterocycles. The van der Waals surface area contributed by atoms with Gasteiger partial charge in [-0.15, -0.1) is 0 Å². The zero-order chi connectivity index (χ0) is 13.4. The monoisotopic (exact) mass is 270 g/mol. The summed E-state index contributed by atoms with van der Waals surface area (Å²) >= 11 is 5.48. The Kier molecular flexibility index (Phi) is 2.87. The van der Waals surface area contributed by atoms with Crippen molar-refractivity contribution in [2.45, 2.75) is 6.92 Å². The third-order valence-electron chi connectivity index (χ3n) is 3.04. The lowest BCUT2D eigenvalue weighted by Gasteiger charge is -2.13. The highest BCUT2D eigenvalue weighted by molar-refractivity contribution is 7.71. The minimum Gasteiger partial charge on any atom is -0.286 e. The number of aryl methyl sites for hydroxylation is 1. The van der Waals surface area contributed by atoms with Gasteiger partial charge in [0.2, 0.25) is 0 Å². The Labute approximate surface area is 115 Å². The van der Waals surface area contributed by atoms with E-state index in [0.29, 0.717) is 16.2 Å². The van der Waals surface area contributed by atoms with E-state index in [-0.39, 0.29) is 5.82 Å². The van der Waals surface area contributed by atoms with Crippen LogP contribution in [0.4, 0.5) is 4.39 Å². The average molecular weight is 270 g/mol. The Morgan fingerprint density at radius 1 is 1.05 bits per heavy atom. The van der Waals surface area contributed by atoms with Gasteiger partial charge < -0.3 is 0 Å². The topological polar surface area (TPSA) is 17.8 Å². The highest BCUT2D eigenvalue weighted by atomic mass is 32.1. The standard InChI is InChI=1S/C15H11FN2S/c1-10-17-13-8-4-2-6-11(13)15(19)18(10)14-9-5-3-7-12(14)16/h2-9H,1H3. The number of nitrogens with zero attached hydrogens (tertiary/aromatic N) is 2. The molecule has 2 nitrogen and oxygen atoms in total. The van der Waals surface area contributed by atoms with Gasteiger partial charge in [-0.05, 0) is 31.2 Å². The number of hydrogen-bond donors (Lipinski definition) is 0. The van der Waals surface area contributed by atoms with Crippen molar-refractivity contribution >= 4 is 23.1 Å². The Balaban J connectivity index is 2.43. The van der Waals surface area contributed by atoms with Gasteiger partial charge in [-0.1, -0.05) is 36.5 Å². The molecule has 2 aromatic carbocycles. The Morgan fingerprint density at radius 2 is 1.74 bits per heavy atom. The molecule has 0 aliphatic rings. The number of aromatic nitrogens is 2. The molecule has 3 rings (SSSR count). The van der Waals surface area contributed by atoms with Gasteiger partial charge in [0.1, 0.15) is 16.3 Å². The van der Waals surface area contributed by atoms with E-state index in [1.54, 1.807) is 22.8 Å². The predicted molar refractivity (Wildman–Crippen MR) is 76.6 cm³/mol. The summed E-state index contributed by atoms with van der Waals surface area (Å²) < 4.78 is 16.2. The molecule has 0 aliphatic heterocycles. The van der Waals surface area contributed by atoms with Gasteiger partial charge in [0.25, 0.3) is 0 Å². The van der Waals surface area contributed by atoms with Crippen LogP contribution in [-0.4, -0.2) is 9.55 Å². The van der Waals surface area contributed by atoms with E-state index in [1.807, 2.05) is 31.2 Å². The molecule has 0 saturated carbocycles. The molecule has 0 radical (unpaired) electrons.